The maximum Gasteiger partial charge on any atom is 0.0738 e. The summed E-state index contributed by atoms with van der Waals surface area (Å²) >= 11 is 9.82. The fourth-order valence-electron chi connectivity index (χ4n) is 2.71. The zero-order valence-corrected chi connectivity index (χ0v) is 12.2. The molecule has 1 aromatic rings. The van der Waals surface area contributed by atoms with Crippen LogP contribution in [0.3, 0.4) is 0 Å². The molecule has 0 aromatic carbocycles. The van der Waals surface area contributed by atoms with Crippen molar-refractivity contribution in [2.75, 3.05) is 5.88 Å². The molecule has 0 spiro atoms. The molecular formula is C12H18BrClN2. The third-order valence-corrected chi connectivity index (χ3v) is 5.35. The molecule has 0 radical (unpaired) electrons. The van der Waals surface area contributed by atoms with Gasteiger partial charge in [-0.2, -0.15) is 5.10 Å². The largest absolute Gasteiger partial charge is 0.271 e. The molecule has 0 atom stereocenters. The number of rotatable bonds is 3. The van der Waals surface area contributed by atoms with Crippen molar-refractivity contribution in [2.45, 2.75) is 39.0 Å². The first-order valence-corrected chi connectivity index (χ1v) is 7.15. The second-order valence-electron chi connectivity index (χ2n) is 4.99. The van der Waals surface area contributed by atoms with Crippen LogP contribution in [0, 0.1) is 12.3 Å². The molecule has 1 saturated carbocycles. The van der Waals surface area contributed by atoms with E-state index in [9.17, 15) is 0 Å². The van der Waals surface area contributed by atoms with Gasteiger partial charge in [-0.25, -0.2) is 0 Å². The van der Waals surface area contributed by atoms with Gasteiger partial charge in [-0.3, -0.25) is 4.68 Å². The summed E-state index contributed by atoms with van der Waals surface area (Å²) in [5, 5.41) is 4.44. The average Bonchev–Trinajstić information content (AvgIpc) is 2.81. The van der Waals surface area contributed by atoms with Crippen LogP contribution in [0.5, 0.6) is 0 Å². The Labute approximate surface area is 110 Å². The van der Waals surface area contributed by atoms with Crippen molar-refractivity contribution >= 4 is 27.5 Å². The van der Waals surface area contributed by atoms with Gasteiger partial charge in [-0.1, -0.05) is 12.8 Å². The van der Waals surface area contributed by atoms with Crippen LogP contribution in [0.15, 0.2) is 4.47 Å². The highest BCUT2D eigenvalue weighted by atomic mass is 79.9. The zero-order chi connectivity index (χ0) is 11.8. The molecule has 1 aliphatic rings. The second-order valence-corrected chi connectivity index (χ2v) is 6.05. The number of hydrogen-bond acceptors (Lipinski definition) is 1. The normalized spacial score (nSPS) is 19.2. The lowest BCUT2D eigenvalue weighted by molar-refractivity contribution is 0.331. The fourth-order valence-corrected chi connectivity index (χ4v) is 3.55. The Morgan fingerprint density at radius 3 is 2.50 bits per heavy atom. The first-order valence-electron chi connectivity index (χ1n) is 5.82. The van der Waals surface area contributed by atoms with Crippen molar-refractivity contribution in [1.82, 2.24) is 9.78 Å². The van der Waals surface area contributed by atoms with Crippen LogP contribution in [0.25, 0.3) is 0 Å². The minimum absolute atomic E-state index is 0.310. The van der Waals surface area contributed by atoms with E-state index in [1.807, 2.05) is 18.7 Å². The van der Waals surface area contributed by atoms with Gasteiger partial charge in [0.2, 0.25) is 0 Å². The molecule has 1 aliphatic carbocycles. The Bertz CT molecular complexity index is 381. The standard InChI is InChI=1S/C12H18BrClN2/c1-9-11(13)10(16(2)15-9)7-12(8-14)5-3-4-6-12/h3-8H2,1-2H3. The molecule has 1 heterocycles. The lowest BCUT2D eigenvalue weighted by Crippen LogP contribution is -2.23. The van der Waals surface area contributed by atoms with Crippen molar-refractivity contribution in [3.8, 4) is 0 Å². The summed E-state index contributed by atoms with van der Waals surface area (Å²) < 4.78 is 3.15. The minimum Gasteiger partial charge on any atom is -0.271 e. The number of nitrogens with zero attached hydrogens (tertiary/aromatic N) is 2. The van der Waals surface area contributed by atoms with Crippen molar-refractivity contribution in [3.05, 3.63) is 15.9 Å². The summed E-state index contributed by atoms with van der Waals surface area (Å²) in [7, 11) is 2.02. The number of aryl methyl sites for hydroxylation is 2. The summed E-state index contributed by atoms with van der Waals surface area (Å²) in [6, 6.07) is 0. The van der Waals surface area contributed by atoms with Crippen molar-refractivity contribution < 1.29 is 0 Å². The van der Waals surface area contributed by atoms with Crippen LogP contribution in [-0.2, 0) is 13.5 Å². The molecule has 16 heavy (non-hydrogen) atoms. The van der Waals surface area contributed by atoms with Crippen molar-refractivity contribution in [1.29, 1.82) is 0 Å². The number of aromatic nitrogens is 2. The molecule has 0 bridgehead atoms. The van der Waals surface area contributed by atoms with E-state index in [4.69, 9.17) is 11.6 Å². The van der Waals surface area contributed by atoms with Crippen LogP contribution >= 0.6 is 27.5 Å². The number of alkyl halides is 1. The van der Waals surface area contributed by atoms with Gasteiger partial charge in [-0.15, -0.1) is 11.6 Å². The lowest BCUT2D eigenvalue weighted by atomic mass is 9.83. The summed E-state index contributed by atoms with van der Waals surface area (Å²) in [6.45, 7) is 2.04. The van der Waals surface area contributed by atoms with Gasteiger partial charge in [0.1, 0.15) is 0 Å². The zero-order valence-electron chi connectivity index (χ0n) is 9.89. The van der Waals surface area contributed by atoms with Gasteiger partial charge in [-0.05, 0) is 47.5 Å². The van der Waals surface area contributed by atoms with E-state index >= 15 is 0 Å². The summed E-state index contributed by atoms with van der Waals surface area (Å²) in [5.41, 5.74) is 2.67. The van der Waals surface area contributed by atoms with Crippen molar-refractivity contribution in [3.63, 3.8) is 0 Å². The van der Waals surface area contributed by atoms with Crippen LogP contribution in [0.4, 0.5) is 0 Å². The molecular weight excluding hydrogens is 288 g/mol. The van der Waals surface area contributed by atoms with E-state index in [0.29, 0.717) is 5.41 Å². The first kappa shape index (κ1) is 12.4. The second kappa shape index (κ2) is 4.69. The lowest BCUT2D eigenvalue weighted by Gasteiger charge is -2.26. The van der Waals surface area contributed by atoms with Crippen molar-refractivity contribution in [2.24, 2.45) is 12.5 Å². The van der Waals surface area contributed by atoms with Gasteiger partial charge in [0, 0.05) is 12.9 Å². The number of hydrogen-bond donors (Lipinski definition) is 0. The predicted molar refractivity (Wildman–Crippen MR) is 71.0 cm³/mol. The molecule has 2 rings (SSSR count). The van der Waals surface area contributed by atoms with Gasteiger partial charge in [0.25, 0.3) is 0 Å². The van der Waals surface area contributed by atoms with Gasteiger partial charge in [0.05, 0.1) is 15.9 Å². The highest BCUT2D eigenvalue weighted by molar-refractivity contribution is 9.10. The van der Waals surface area contributed by atoms with Crippen LogP contribution in [0.2, 0.25) is 0 Å². The van der Waals surface area contributed by atoms with E-state index in [2.05, 4.69) is 21.0 Å². The van der Waals surface area contributed by atoms with Crippen LogP contribution < -0.4 is 0 Å². The molecule has 1 aromatic heterocycles. The summed E-state index contributed by atoms with van der Waals surface area (Å²) in [4.78, 5) is 0. The highest BCUT2D eigenvalue weighted by Gasteiger charge is 2.34. The first-order chi connectivity index (χ1) is 7.58. The van der Waals surface area contributed by atoms with E-state index in [1.54, 1.807) is 0 Å². The SMILES string of the molecule is Cc1nn(C)c(CC2(CCl)CCCC2)c1Br. The molecule has 0 unspecified atom stereocenters. The molecule has 90 valence electrons. The monoisotopic (exact) mass is 304 g/mol. The highest BCUT2D eigenvalue weighted by Crippen LogP contribution is 2.43. The van der Waals surface area contributed by atoms with Gasteiger partial charge < -0.3 is 0 Å². The van der Waals surface area contributed by atoms with E-state index in [1.165, 1.54) is 31.4 Å². The fraction of sp³-hybridized carbons (Fsp3) is 0.750. The van der Waals surface area contributed by atoms with Crippen LogP contribution in [0.1, 0.15) is 37.1 Å². The maximum absolute atomic E-state index is 6.18. The number of halogens is 2. The molecule has 2 nitrogen and oxygen atoms in total. The summed E-state index contributed by atoms with van der Waals surface area (Å²) in [5.74, 6) is 0.768. The molecule has 0 N–H and O–H groups in total. The third kappa shape index (κ3) is 2.17. The Morgan fingerprint density at radius 2 is 2.06 bits per heavy atom. The minimum atomic E-state index is 0.310. The van der Waals surface area contributed by atoms with Gasteiger partial charge >= 0.3 is 0 Å². The third-order valence-electron chi connectivity index (χ3n) is 3.75. The molecule has 4 heteroatoms. The Balaban J connectivity index is 2.25. The topological polar surface area (TPSA) is 17.8 Å². The van der Waals surface area contributed by atoms with Gasteiger partial charge in [0.15, 0.2) is 0 Å². The van der Waals surface area contributed by atoms with E-state index in [0.717, 1.165) is 22.5 Å². The molecule has 1 fully saturated rings. The Hall–Kier alpha value is -0.0200. The Morgan fingerprint density at radius 1 is 1.44 bits per heavy atom. The Kier molecular flexibility index (Phi) is 3.65. The predicted octanol–water partition coefficient (Wildman–Crippen LogP) is 3.83. The molecule has 0 amide bonds. The average molecular weight is 306 g/mol. The van der Waals surface area contributed by atoms with Crippen LogP contribution in [-0.4, -0.2) is 15.7 Å². The smallest absolute Gasteiger partial charge is 0.0738 e. The molecule has 0 aliphatic heterocycles. The van der Waals surface area contributed by atoms with E-state index in [-0.39, 0.29) is 0 Å². The quantitative estimate of drug-likeness (QED) is 0.776. The maximum atomic E-state index is 6.18. The van der Waals surface area contributed by atoms with E-state index < -0.39 is 0 Å². The molecule has 0 saturated heterocycles. The summed E-state index contributed by atoms with van der Waals surface area (Å²) in [6.07, 6.45) is 6.21.